The van der Waals surface area contributed by atoms with Gasteiger partial charge in [0.05, 0.1) is 11.6 Å². The Hall–Kier alpha value is -2.95. The van der Waals surface area contributed by atoms with E-state index in [1.54, 1.807) is 10.6 Å². The van der Waals surface area contributed by atoms with Crippen LogP contribution in [0.5, 0.6) is 17.2 Å². The second-order valence-electron chi connectivity index (χ2n) is 7.82. The van der Waals surface area contributed by atoms with Crippen molar-refractivity contribution in [1.82, 2.24) is 4.57 Å². The first kappa shape index (κ1) is 21.8. The summed E-state index contributed by atoms with van der Waals surface area (Å²) in [6.45, 7) is 6.86. The van der Waals surface area contributed by atoms with Gasteiger partial charge in [0, 0.05) is 18.0 Å². The second-order valence-corrected chi connectivity index (χ2v) is 7.82. The van der Waals surface area contributed by atoms with E-state index in [2.05, 4.69) is 6.92 Å². The van der Waals surface area contributed by atoms with Gasteiger partial charge in [0.15, 0.2) is 5.75 Å². The number of hydrogen-bond acceptors (Lipinski definition) is 4. The summed E-state index contributed by atoms with van der Waals surface area (Å²) in [4.78, 5) is 13.1. The summed E-state index contributed by atoms with van der Waals surface area (Å²) < 4.78 is 13.3. The predicted molar refractivity (Wildman–Crippen MR) is 121 cm³/mol. The highest BCUT2D eigenvalue weighted by atomic mass is 16.5. The van der Waals surface area contributed by atoms with Crippen LogP contribution >= 0.6 is 0 Å². The third-order valence-corrected chi connectivity index (χ3v) is 5.01. The Kier molecular flexibility index (Phi) is 7.39. The van der Waals surface area contributed by atoms with Crippen molar-refractivity contribution < 1.29 is 14.6 Å². The molecule has 0 aliphatic rings. The summed E-state index contributed by atoms with van der Waals surface area (Å²) >= 11 is 0. The molecule has 30 heavy (non-hydrogen) atoms. The van der Waals surface area contributed by atoms with Crippen LogP contribution in [-0.2, 0) is 13.2 Å². The number of hydrogen-bond donors (Lipinski definition) is 1. The van der Waals surface area contributed by atoms with Gasteiger partial charge >= 0.3 is 0 Å². The number of aryl methyl sites for hydroxylation is 1. The van der Waals surface area contributed by atoms with E-state index < -0.39 is 0 Å². The molecule has 0 aliphatic heterocycles. The maximum atomic E-state index is 13.1. The Morgan fingerprint density at radius 2 is 1.80 bits per heavy atom. The van der Waals surface area contributed by atoms with Crippen LogP contribution in [0.1, 0.15) is 52.0 Å². The van der Waals surface area contributed by atoms with Crippen molar-refractivity contribution in [3.8, 4) is 17.2 Å². The fraction of sp³-hybridized carbons (Fsp3) is 0.400. The summed E-state index contributed by atoms with van der Waals surface area (Å²) in [5, 5.41) is 11.3. The molecular formula is C25H31NO4. The van der Waals surface area contributed by atoms with Crippen LogP contribution in [-0.4, -0.2) is 15.8 Å². The molecule has 0 saturated heterocycles. The zero-order valence-corrected chi connectivity index (χ0v) is 18.1. The molecule has 3 rings (SSSR count). The van der Waals surface area contributed by atoms with E-state index in [-0.39, 0.29) is 23.2 Å². The average Bonchev–Trinajstić information content (AvgIpc) is 2.75. The minimum Gasteiger partial charge on any atom is -0.504 e. The molecule has 0 bridgehead atoms. The molecule has 0 fully saturated rings. The van der Waals surface area contributed by atoms with Gasteiger partial charge in [-0.25, -0.2) is 0 Å². The smallest absolute Gasteiger partial charge is 0.297 e. The highest BCUT2D eigenvalue weighted by Gasteiger charge is 2.19. The quantitative estimate of drug-likeness (QED) is 0.439. The van der Waals surface area contributed by atoms with Crippen LogP contribution in [0.3, 0.4) is 0 Å². The summed E-state index contributed by atoms with van der Waals surface area (Å²) in [6.07, 6.45) is 4.00. The van der Waals surface area contributed by atoms with E-state index in [1.165, 1.54) is 0 Å². The summed E-state index contributed by atoms with van der Waals surface area (Å²) in [7, 11) is 0. The SMILES string of the molecule is CCCCCCn1c(=O)c(OC(C)C)c(O)c2ccc(OCc3ccccc3)cc21. The Morgan fingerprint density at radius 3 is 2.50 bits per heavy atom. The highest BCUT2D eigenvalue weighted by Crippen LogP contribution is 2.34. The Morgan fingerprint density at radius 1 is 1.03 bits per heavy atom. The van der Waals surface area contributed by atoms with Crippen LogP contribution in [0, 0.1) is 0 Å². The van der Waals surface area contributed by atoms with E-state index in [9.17, 15) is 9.90 Å². The standard InChI is InChI=1S/C25H31NO4/c1-4-5-6-10-15-26-22-16-20(29-17-19-11-8-7-9-12-19)13-14-21(22)23(27)24(25(26)28)30-18(2)3/h7-9,11-14,16,18,27H,4-6,10,15,17H2,1-3H3. The Labute approximate surface area is 177 Å². The van der Waals surface area contributed by atoms with Gasteiger partial charge in [-0.1, -0.05) is 56.5 Å². The normalized spacial score (nSPS) is 11.2. The first-order valence-electron chi connectivity index (χ1n) is 10.7. The van der Waals surface area contributed by atoms with Crippen molar-refractivity contribution in [3.63, 3.8) is 0 Å². The van der Waals surface area contributed by atoms with Crippen molar-refractivity contribution in [1.29, 1.82) is 0 Å². The third kappa shape index (κ3) is 5.15. The average molecular weight is 410 g/mol. The molecule has 1 aromatic heterocycles. The molecule has 0 radical (unpaired) electrons. The van der Waals surface area contributed by atoms with Gasteiger partial charge < -0.3 is 19.1 Å². The van der Waals surface area contributed by atoms with E-state index >= 15 is 0 Å². The largest absolute Gasteiger partial charge is 0.504 e. The number of benzene rings is 2. The number of nitrogens with zero attached hydrogens (tertiary/aromatic N) is 1. The highest BCUT2D eigenvalue weighted by molar-refractivity contribution is 5.88. The number of pyridine rings is 1. The molecule has 0 atom stereocenters. The topological polar surface area (TPSA) is 60.7 Å². The third-order valence-electron chi connectivity index (χ3n) is 5.01. The summed E-state index contributed by atoms with van der Waals surface area (Å²) in [5.41, 5.74) is 1.43. The summed E-state index contributed by atoms with van der Waals surface area (Å²) in [6, 6.07) is 15.4. The van der Waals surface area contributed by atoms with Crippen LogP contribution in [0.2, 0.25) is 0 Å². The van der Waals surface area contributed by atoms with Crippen molar-refractivity contribution in [3.05, 3.63) is 64.4 Å². The fourth-order valence-electron chi connectivity index (χ4n) is 3.48. The zero-order chi connectivity index (χ0) is 21.5. The molecule has 0 amide bonds. The van der Waals surface area contributed by atoms with Crippen molar-refractivity contribution in [2.75, 3.05) is 0 Å². The van der Waals surface area contributed by atoms with Crippen LogP contribution < -0.4 is 15.0 Å². The lowest BCUT2D eigenvalue weighted by atomic mass is 10.1. The Bertz CT molecular complexity index is 1020. The lowest BCUT2D eigenvalue weighted by molar-refractivity contribution is 0.227. The van der Waals surface area contributed by atoms with Crippen LogP contribution in [0.15, 0.2) is 53.3 Å². The first-order chi connectivity index (χ1) is 14.5. The van der Waals surface area contributed by atoms with Gasteiger partial charge in [-0.15, -0.1) is 0 Å². The fourth-order valence-corrected chi connectivity index (χ4v) is 3.48. The minimum absolute atomic E-state index is 0.0194. The maximum absolute atomic E-state index is 13.1. The van der Waals surface area contributed by atoms with Gasteiger partial charge in [-0.3, -0.25) is 4.79 Å². The molecule has 0 aliphatic carbocycles. The van der Waals surface area contributed by atoms with Crippen molar-refractivity contribution >= 4 is 10.9 Å². The molecule has 160 valence electrons. The molecule has 0 saturated carbocycles. The van der Waals surface area contributed by atoms with Gasteiger partial charge in [-0.05, 0) is 38.0 Å². The number of aromatic nitrogens is 1. The summed E-state index contributed by atoms with van der Waals surface area (Å²) in [5.74, 6) is 0.569. The number of aromatic hydroxyl groups is 1. The molecular weight excluding hydrogens is 378 g/mol. The predicted octanol–water partition coefficient (Wildman–Crippen LogP) is 5.65. The lowest BCUT2D eigenvalue weighted by Gasteiger charge is -2.18. The van der Waals surface area contributed by atoms with Crippen molar-refractivity contribution in [2.45, 2.75) is 65.7 Å². The van der Waals surface area contributed by atoms with E-state index in [0.717, 1.165) is 31.2 Å². The molecule has 1 N–H and O–H groups in total. The molecule has 3 aromatic rings. The van der Waals surface area contributed by atoms with Crippen LogP contribution in [0.4, 0.5) is 0 Å². The number of fused-ring (bicyclic) bond motifs is 1. The maximum Gasteiger partial charge on any atom is 0.297 e. The second kappa shape index (κ2) is 10.2. The van der Waals surface area contributed by atoms with Gasteiger partial charge in [0.25, 0.3) is 5.56 Å². The molecule has 0 unspecified atom stereocenters. The minimum atomic E-state index is -0.301. The first-order valence-corrected chi connectivity index (χ1v) is 10.7. The number of rotatable bonds is 10. The van der Waals surface area contributed by atoms with E-state index in [1.807, 2.05) is 56.3 Å². The van der Waals surface area contributed by atoms with Crippen LogP contribution in [0.25, 0.3) is 10.9 Å². The lowest BCUT2D eigenvalue weighted by Crippen LogP contribution is -2.24. The van der Waals surface area contributed by atoms with Gasteiger partial charge in [-0.2, -0.15) is 0 Å². The molecule has 5 heteroatoms. The molecule has 2 aromatic carbocycles. The molecule has 1 heterocycles. The van der Waals surface area contributed by atoms with Crippen molar-refractivity contribution in [2.24, 2.45) is 0 Å². The molecule has 5 nitrogen and oxygen atoms in total. The number of unbranched alkanes of at least 4 members (excludes halogenated alkanes) is 3. The van der Waals surface area contributed by atoms with Gasteiger partial charge in [0.1, 0.15) is 12.4 Å². The monoisotopic (exact) mass is 409 g/mol. The van der Waals surface area contributed by atoms with E-state index in [4.69, 9.17) is 9.47 Å². The Balaban J connectivity index is 1.98. The zero-order valence-electron chi connectivity index (χ0n) is 18.1. The number of ether oxygens (including phenoxy) is 2. The van der Waals surface area contributed by atoms with E-state index in [0.29, 0.717) is 29.8 Å². The molecule has 0 spiro atoms. The van der Waals surface area contributed by atoms with Gasteiger partial charge in [0.2, 0.25) is 5.75 Å².